The van der Waals surface area contributed by atoms with E-state index in [1.54, 1.807) is 26.2 Å². The van der Waals surface area contributed by atoms with E-state index in [1.165, 1.54) is 0 Å². The van der Waals surface area contributed by atoms with Gasteiger partial charge in [0.15, 0.2) is 5.11 Å². The number of ether oxygens (including phenoxy) is 2. The van der Waals surface area contributed by atoms with Gasteiger partial charge in [-0.2, -0.15) is 0 Å². The van der Waals surface area contributed by atoms with Crippen molar-refractivity contribution < 1.29 is 14.3 Å². The maximum atomic E-state index is 11.7. The summed E-state index contributed by atoms with van der Waals surface area (Å²) in [7, 11) is 1.67. The van der Waals surface area contributed by atoms with Crippen molar-refractivity contribution >= 4 is 29.0 Å². The number of esters is 1. The maximum Gasteiger partial charge on any atom is 0.338 e. The maximum absolute atomic E-state index is 11.7. The lowest BCUT2D eigenvalue weighted by Gasteiger charge is -2.13. The van der Waals surface area contributed by atoms with E-state index in [-0.39, 0.29) is 5.97 Å². The first-order valence-corrected chi connectivity index (χ1v) is 7.30. The molecule has 0 aliphatic carbocycles. The Bertz CT molecular complexity index is 492. The van der Waals surface area contributed by atoms with E-state index in [9.17, 15) is 4.79 Å². The van der Waals surface area contributed by atoms with Gasteiger partial charge in [-0.1, -0.05) is 6.07 Å². The Hall–Kier alpha value is -1.66. The summed E-state index contributed by atoms with van der Waals surface area (Å²) in [5.41, 5.74) is 2.31. The summed E-state index contributed by atoms with van der Waals surface area (Å²) in [5.74, 6) is -0.334. The van der Waals surface area contributed by atoms with Crippen LogP contribution < -0.4 is 10.6 Å². The highest BCUT2D eigenvalue weighted by Crippen LogP contribution is 2.17. The minimum absolute atomic E-state index is 0.334. The number of methoxy groups -OCH3 is 1. The lowest BCUT2D eigenvalue weighted by Crippen LogP contribution is -2.30. The molecule has 0 heterocycles. The van der Waals surface area contributed by atoms with Crippen LogP contribution in [-0.4, -0.2) is 38.0 Å². The molecule has 0 spiro atoms. The van der Waals surface area contributed by atoms with Crippen LogP contribution in [0.2, 0.25) is 0 Å². The van der Waals surface area contributed by atoms with Gasteiger partial charge in [-0.3, -0.25) is 0 Å². The molecular formula is C15H22N2O3S. The summed E-state index contributed by atoms with van der Waals surface area (Å²) >= 11 is 5.23. The first-order chi connectivity index (χ1) is 10.1. The van der Waals surface area contributed by atoms with Crippen molar-refractivity contribution in [1.82, 2.24) is 5.32 Å². The number of carbonyl (C=O) groups is 1. The molecule has 1 aromatic rings. The fourth-order valence-corrected chi connectivity index (χ4v) is 1.90. The molecule has 0 fully saturated rings. The number of nitrogens with one attached hydrogen (secondary N) is 2. The third-order valence-electron chi connectivity index (χ3n) is 2.81. The van der Waals surface area contributed by atoms with E-state index >= 15 is 0 Å². The lowest BCUT2D eigenvalue weighted by molar-refractivity contribution is 0.0526. The molecule has 0 radical (unpaired) electrons. The van der Waals surface area contributed by atoms with Gasteiger partial charge in [0, 0.05) is 25.9 Å². The molecule has 116 valence electrons. The van der Waals surface area contributed by atoms with Crippen LogP contribution >= 0.6 is 12.2 Å². The molecule has 0 atom stereocenters. The number of rotatable bonds is 7. The molecule has 0 bridgehead atoms. The molecule has 2 N–H and O–H groups in total. The standard InChI is InChI=1S/C15H22N2O3S/c1-4-20-14(18)12-7-6-11(2)13(10-12)17-15(21)16-8-5-9-19-3/h6-7,10H,4-5,8-9H2,1-3H3,(H2,16,17,21). The van der Waals surface area contributed by atoms with Crippen LogP contribution in [0.5, 0.6) is 0 Å². The molecule has 1 aromatic carbocycles. The van der Waals surface area contributed by atoms with Gasteiger partial charge >= 0.3 is 5.97 Å². The molecule has 6 heteroatoms. The molecule has 0 aliphatic rings. The predicted molar refractivity (Wildman–Crippen MR) is 87.9 cm³/mol. The summed E-state index contributed by atoms with van der Waals surface area (Å²) in [4.78, 5) is 11.7. The van der Waals surface area contributed by atoms with Crippen LogP contribution in [-0.2, 0) is 9.47 Å². The van der Waals surface area contributed by atoms with Crippen molar-refractivity contribution in [3.8, 4) is 0 Å². The first-order valence-electron chi connectivity index (χ1n) is 6.90. The largest absolute Gasteiger partial charge is 0.462 e. The lowest BCUT2D eigenvalue weighted by atomic mass is 10.1. The highest BCUT2D eigenvalue weighted by Gasteiger charge is 2.09. The van der Waals surface area contributed by atoms with Crippen LogP contribution in [0.25, 0.3) is 0 Å². The van der Waals surface area contributed by atoms with Crippen molar-refractivity contribution in [3.63, 3.8) is 0 Å². The quantitative estimate of drug-likeness (QED) is 0.458. The second kappa shape index (κ2) is 9.31. The van der Waals surface area contributed by atoms with Crippen molar-refractivity contribution in [3.05, 3.63) is 29.3 Å². The van der Waals surface area contributed by atoms with Crippen LogP contribution in [0.3, 0.4) is 0 Å². The smallest absolute Gasteiger partial charge is 0.338 e. The molecule has 0 aliphatic heterocycles. The second-order valence-corrected chi connectivity index (χ2v) is 4.89. The molecule has 0 saturated heterocycles. The van der Waals surface area contributed by atoms with Gasteiger partial charge in [-0.05, 0) is 50.2 Å². The third kappa shape index (κ3) is 6.10. The molecule has 5 nitrogen and oxygen atoms in total. The monoisotopic (exact) mass is 310 g/mol. The molecule has 1 rings (SSSR count). The van der Waals surface area contributed by atoms with Crippen molar-refractivity contribution in [2.75, 3.05) is 32.2 Å². The predicted octanol–water partition coefficient (Wildman–Crippen LogP) is 2.49. The Morgan fingerprint density at radius 1 is 1.38 bits per heavy atom. The van der Waals surface area contributed by atoms with Crippen LogP contribution in [0.4, 0.5) is 5.69 Å². The molecule has 0 unspecified atom stereocenters. The summed E-state index contributed by atoms with van der Waals surface area (Å²) in [5, 5.41) is 6.71. The number of benzene rings is 1. The summed E-state index contributed by atoms with van der Waals surface area (Å²) in [6.07, 6.45) is 0.875. The van der Waals surface area contributed by atoms with Crippen LogP contribution in [0.1, 0.15) is 29.3 Å². The van der Waals surface area contributed by atoms with Crippen molar-refractivity contribution in [2.24, 2.45) is 0 Å². The number of aryl methyl sites for hydroxylation is 1. The van der Waals surface area contributed by atoms with E-state index < -0.39 is 0 Å². The number of thiocarbonyl (C=S) groups is 1. The van der Waals surface area contributed by atoms with Gasteiger partial charge in [0.2, 0.25) is 0 Å². The molecule has 21 heavy (non-hydrogen) atoms. The number of anilines is 1. The molecule has 0 amide bonds. The SMILES string of the molecule is CCOC(=O)c1ccc(C)c(NC(=S)NCCCOC)c1. The summed E-state index contributed by atoms with van der Waals surface area (Å²) in [6.45, 7) is 5.51. The Labute approximate surface area is 131 Å². The average molecular weight is 310 g/mol. The highest BCUT2D eigenvalue weighted by molar-refractivity contribution is 7.80. The normalized spacial score (nSPS) is 10.0. The Kier molecular flexibility index (Phi) is 7.71. The van der Waals surface area contributed by atoms with Gasteiger partial charge in [0.1, 0.15) is 0 Å². The zero-order valence-electron chi connectivity index (χ0n) is 12.7. The van der Waals surface area contributed by atoms with Crippen molar-refractivity contribution in [2.45, 2.75) is 20.3 Å². The first kappa shape index (κ1) is 17.4. The zero-order valence-corrected chi connectivity index (χ0v) is 13.5. The number of carbonyl (C=O) groups excluding carboxylic acids is 1. The Balaban J connectivity index is 2.63. The van der Waals surface area contributed by atoms with E-state index in [0.717, 1.165) is 24.2 Å². The highest BCUT2D eigenvalue weighted by atomic mass is 32.1. The topological polar surface area (TPSA) is 59.6 Å². The van der Waals surface area contributed by atoms with E-state index in [2.05, 4.69) is 10.6 Å². The summed E-state index contributed by atoms with van der Waals surface area (Å²) < 4.78 is 9.96. The van der Waals surface area contributed by atoms with E-state index in [1.807, 2.05) is 13.0 Å². The van der Waals surface area contributed by atoms with Crippen LogP contribution in [0.15, 0.2) is 18.2 Å². The Morgan fingerprint density at radius 3 is 2.81 bits per heavy atom. The van der Waals surface area contributed by atoms with Gasteiger partial charge in [0.25, 0.3) is 0 Å². The minimum Gasteiger partial charge on any atom is -0.462 e. The van der Waals surface area contributed by atoms with Gasteiger partial charge in [-0.25, -0.2) is 4.79 Å². The molecule has 0 aromatic heterocycles. The summed E-state index contributed by atoms with van der Waals surface area (Å²) in [6, 6.07) is 5.35. The average Bonchev–Trinajstić information content (AvgIpc) is 2.46. The number of hydrogen-bond donors (Lipinski definition) is 2. The fourth-order valence-electron chi connectivity index (χ4n) is 1.68. The minimum atomic E-state index is -0.334. The molecular weight excluding hydrogens is 288 g/mol. The second-order valence-electron chi connectivity index (χ2n) is 4.48. The third-order valence-corrected chi connectivity index (χ3v) is 3.05. The fraction of sp³-hybridized carbons (Fsp3) is 0.467. The number of hydrogen-bond acceptors (Lipinski definition) is 4. The van der Waals surface area contributed by atoms with Gasteiger partial charge in [0.05, 0.1) is 12.2 Å². The van der Waals surface area contributed by atoms with Crippen LogP contribution in [0, 0.1) is 6.92 Å². The molecule has 0 saturated carbocycles. The van der Waals surface area contributed by atoms with Crippen molar-refractivity contribution in [1.29, 1.82) is 0 Å². The van der Waals surface area contributed by atoms with Gasteiger partial charge in [-0.15, -0.1) is 0 Å². The van der Waals surface area contributed by atoms with Gasteiger partial charge < -0.3 is 20.1 Å². The zero-order chi connectivity index (χ0) is 15.7. The van der Waals surface area contributed by atoms with E-state index in [0.29, 0.717) is 23.9 Å². The van der Waals surface area contributed by atoms with E-state index in [4.69, 9.17) is 21.7 Å². The Morgan fingerprint density at radius 2 is 2.14 bits per heavy atom.